The first-order valence-electron chi connectivity index (χ1n) is 5.68. The first kappa shape index (κ1) is 10.7. The zero-order valence-corrected chi connectivity index (χ0v) is 9.45. The molecule has 0 radical (unpaired) electrons. The van der Waals surface area contributed by atoms with E-state index in [1.807, 2.05) is 26.0 Å². The Hall–Kier alpha value is -0.800. The van der Waals surface area contributed by atoms with Crippen molar-refractivity contribution in [3.63, 3.8) is 0 Å². The second-order valence-corrected chi connectivity index (χ2v) is 4.14. The minimum Gasteiger partial charge on any atom is -0.465 e. The number of furan rings is 1. The normalized spacial score (nSPS) is 25.2. The highest BCUT2D eigenvalue weighted by molar-refractivity contribution is 5.05. The smallest absolute Gasteiger partial charge is 0.117 e. The molecule has 1 N–H and O–H groups in total. The predicted octanol–water partition coefficient (Wildman–Crippen LogP) is 2.25. The van der Waals surface area contributed by atoms with E-state index in [1.54, 1.807) is 0 Å². The molecule has 2 rings (SSSR count). The highest BCUT2D eigenvalue weighted by Crippen LogP contribution is 2.23. The van der Waals surface area contributed by atoms with E-state index in [9.17, 15) is 0 Å². The van der Waals surface area contributed by atoms with Crippen LogP contribution in [0.25, 0.3) is 0 Å². The number of rotatable bonds is 5. The van der Waals surface area contributed by atoms with Gasteiger partial charge in [0, 0.05) is 12.6 Å². The van der Waals surface area contributed by atoms with Gasteiger partial charge < -0.3 is 14.5 Å². The lowest BCUT2D eigenvalue weighted by molar-refractivity contribution is -0.0105. The van der Waals surface area contributed by atoms with Gasteiger partial charge in [-0.25, -0.2) is 0 Å². The molecule has 1 aliphatic carbocycles. The number of hydrogen-bond acceptors (Lipinski definition) is 3. The molecule has 0 saturated heterocycles. The fourth-order valence-electron chi connectivity index (χ4n) is 1.93. The third kappa shape index (κ3) is 2.83. The van der Waals surface area contributed by atoms with Crippen LogP contribution in [-0.4, -0.2) is 18.8 Å². The summed E-state index contributed by atoms with van der Waals surface area (Å²) in [7, 11) is 0. The lowest BCUT2D eigenvalue weighted by atomic mass is 9.89. The zero-order chi connectivity index (χ0) is 10.7. The zero-order valence-electron chi connectivity index (χ0n) is 9.45. The van der Waals surface area contributed by atoms with Crippen molar-refractivity contribution in [1.82, 2.24) is 5.32 Å². The standard InChI is InChI=1S/C12H19NO2/c1-3-14-12-6-10(7-12)13-8-11-5-4-9(2)15-11/h4-5,10,12-13H,3,6-8H2,1-2H3. The molecule has 3 nitrogen and oxygen atoms in total. The van der Waals surface area contributed by atoms with E-state index in [4.69, 9.17) is 9.15 Å². The second-order valence-electron chi connectivity index (χ2n) is 4.14. The number of aryl methyl sites for hydroxylation is 1. The SMILES string of the molecule is CCOC1CC(NCc2ccc(C)o2)C1. The van der Waals surface area contributed by atoms with Gasteiger partial charge in [0.1, 0.15) is 11.5 Å². The van der Waals surface area contributed by atoms with E-state index in [0.717, 1.165) is 37.5 Å². The van der Waals surface area contributed by atoms with Crippen molar-refractivity contribution in [2.75, 3.05) is 6.61 Å². The molecule has 1 aromatic heterocycles. The van der Waals surface area contributed by atoms with E-state index < -0.39 is 0 Å². The Morgan fingerprint density at radius 3 is 2.87 bits per heavy atom. The molecule has 1 aromatic rings. The van der Waals surface area contributed by atoms with Gasteiger partial charge in [0.05, 0.1) is 12.6 Å². The number of hydrogen-bond donors (Lipinski definition) is 1. The molecule has 1 fully saturated rings. The summed E-state index contributed by atoms with van der Waals surface area (Å²) in [5.41, 5.74) is 0. The molecule has 0 bridgehead atoms. The van der Waals surface area contributed by atoms with Gasteiger partial charge in [-0.05, 0) is 38.8 Å². The molecular weight excluding hydrogens is 190 g/mol. The summed E-state index contributed by atoms with van der Waals surface area (Å²) in [4.78, 5) is 0. The second kappa shape index (κ2) is 4.81. The molecule has 1 heterocycles. The van der Waals surface area contributed by atoms with E-state index in [-0.39, 0.29) is 0 Å². The molecule has 0 spiro atoms. The van der Waals surface area contributed by atoms with Gasteiger partial charge in [0.25, 0.3) is 0 Å². The Balaban J connectivity index is 1.64. The summed E-state index contributed by atoms with van der Waals surface area (Å²) in [6, 6.07) is 4.63. The summed E-state index contributed by atoms with van der Waals surface area (Å²) in [6.07, 6.45) is 2.74. The first-order valence-corrected chi connectivity index (χ1v) is 5.68. The summed E-state index contributed by atoms with van der Waals surface area (Å²) < 4.78 is 11.0. The van der Waals surface area contributed by atoms with Gasteiger partial charge in [-0.15, -0.1) is 0 Å². The fraction of sp³-hybridized carbons (Fsp3) is 0.667. The van der Waals surface area contributed by atoms with E-state index in [1.165, 1.54) is 0 Å². The lowest BCUT2D eigenvalue weighted by Crippen LogP contribution is -2.45. The fourth-order valence-corrected chi connectivity index (χ4v) is 1.93. The van der Waals surface area contributed by atoms with Crippen molar-refractivity contribution in [2.24, 2.45) is 0 Å². The van der Waals surface area contributed by atoms with Crippen LogP contribution in [0.5, 0.6) is 0 Å². The molecule has 0 atom stereocenters. The molecule has 1 saturated carbocycles. The highest BCUT2D eigenvalue weighted by Gasteiger charge is 2.28. The molecule has 0 aromatic carbocycles. The molecule has 0 amide bonds. The van der Waals surface area contributed by atoms with Gasteiger partial charge >= 0.3 is 0 Å². The number of ether oxygens (including phenoxy) is 1. The van der Waals surface area contributed by atoms with Crippen LogP contribution >= 0.6 is 0 Å². The van der Waals surface area contributed by atoms with Gasteiger partial charge in [0.2, 0.25) is 0 Å². The van der Waals surface area contributed by atoms with Crippen LogP contribution in [0.2, 0.25) is 0 Å². The van der Waals surface area contributed by atoms with E-state index in [2.05, 4.69) is 5.32 Å². The predicted molar refractivity (Wildman–Crippen MR) is 58.7 cm³/mol. The minimum absolute atomic E-state index is 0.478. The third-order valence-corrected chi connectivity index (χ3v) is 2.86. The van der Waals surface area contributed by atoms with Crippen molar-refractivity contribution < 1.29 is 9.15 Å². The van der Waals surface area contributed by atoms with Crippen molar-refractivity contribution in [2.45, 2.75) is 45.4 Å². The number of nitrogens with one attached hydrogen (secondary N) is 1. The molecular formula is C12H19NO2. The molecule has 84 valence electrons. The lowest BCUT2D eigenvalue weighted by Gasteiger charge is -2.35. The topological polar surface area (TPSA) is 34.4 Å². The maximum atomic E-state index is 5.50. The average molecular weight is 209 g/mol. The van der Waals surface area contributed by atoms with Crippen LogP contribution in [0.1, 0.15) is 31.3 Å². The molecule has 0 unspecified atom stereocenters. The summed E-state index contributed by atoms with van der Waals surface area (Å²) >= 11 is 0. The maximum Gasteiger partial charge on any atom is 0.117 e. The summed E-state index contributed by atoms with van der Waals surface area (Å²) in [5, 5.41) is 3.46. The van der Waals surface area contributed by atoms with Gasteiger partial charge in [0.15, 0.2) is 0 Å². The van der Waals surface area contributed by atoms with Gasteiger partial charge in [-0.3, -0.25) is 0 Å². The summed E-state index contributed by atoms with van der Waals surface area (Å²) in [5.74, 6) is 2.00. The van der Waals surface area contributed by atoms with Crippen molar-refractivity contribution >= 4 is 0 Å². The average Bonchev–Trinajstić information content (AvgIpc) is 2.55. The third-order valence-electron chi connectivity index (χ3n) is 2.86. The molecule has 15 heavy (non-hydrogen) atoms. The Labute approximate surface area is 90.8 Å². The highest BCUT2D eigenvalue weighted by atomic mass is 16.5. The molecule has 3 heteroatoms. The van der Waals surface area contributed by atoms with E-state index in [0.29, 0.717) is 12.1 Å². The van der Waals surface area contributed by atoms with Gasteiger partial charge in [-0.2, -0.15) is 0 Å². The van der Waals surface area contributed by atoms with Crippen LogP contribution in [0, 0.1) is 6.92 Å². The molecule has 1 aliphatic rings. The van der Waals surface area contributed by atoms with Crippen LogP contribution in [0.4, 0.5) is 0 Å². The van der Waals surface area contributed by atoms with Crippen LogP contribution in [0.3, 0.4) is 0 Å². The Morgan fingerprint density at radius 1 is 1.47 bits per heavy atom. The summed E-state index contributed by atoms with van der Waals surface area (Å²) in [6.45, 7) is 5.68. The maximum absolute atomic E-state index is 5.50. The quantitative estimate of drug-likeness (QED) is 0.807. The monoisotopic (exact) mass is 209 g/mol. The molecule has 0 aliphatic heterocycles. The van der Waals surface area contributed by atoms with Crippen LogP contribution in [-0.2, 0) is 11.3 Å². The van der Waals surface area contributed by atoms with Crippen LogP contribution < -0.4 is 5.32 Å². The van der Waals surface area contributed by atoms with Crippen LogP contribution in [0.15, 0.2) is 16.5 Å². The minimum atomic E-state index is 0.478. The largest absolute Gasteiger partial charge is 0.465 e. The van der Waals surface area contributed by atoms with E-state index >= 15 is 0 Å². The van der Waals surface area contributed by atoms with Crippen molar-refractivity contribution in [3.05, 3.63) is 23.7 Å². The first-order chi connectivity index (χ1) is 7.28. The van der Waals surface area contributed by atoms with Gasteiger partial charge in [-0.1, -0.05) is 0 Å². The van der Waals surface area contributed by atoms with Crippen molar-refractivity contribution in [3.8, 4) is 0 Å². The Kier molecular flexibility index (Phi) is 3.44. The Bertz CT molecular complexity index is 302. The Morgan fingerprint density at radius 2 is 2.27 bits per heavy atom. The van der Waals surface area contributed by atoms with Crippen molar-refractivity contribution in [1.29, 1.82) is 0 Å².